The minimum atomic E-state index is 0.0670. The van der Waals surface area contributed by atoms with Crippen molar-refractivity contribution < 1.29 is 9.90 Å². The molecule has 102 valence electrons. The van der Waals surface area contributed by atoms with E-state index in [4.69, 9.17) is 5.11 Å². The summed E-state index contributed by atoms with van der Waals surface area (Å²) < 4.78 is 0. The summed E-state index contributed by atoms with van der Waals surface area (Å²) in [7, 11) is 0. The Morgan fingerprint density at radius 1 is 1.11 bits per heavy atom. The molecule has 0 aliphatic carbocycles. The van der Waals surface area contributed by atoms with E-state index in [1.165, 1.54) is 9.75 Å². The van der Waals surface area contributed by atoms with E-state index >= 15 is 0 Å². The van der Waals surface area contributed by atoms with Gasteiger partial charge in [-0.05, 0) is 29.3 Å². The number of amides is 1. The lowest BCUT2D eigenvalue weighted by atomic mass is 10.2. The van der Waals surface area contributed by atoms with Gasteiger partial charge in [-0.2, -0.15) is 0 Å². The normalized spacial score (nSPS) is 10.6. The lowest BCUT2D eigenvalue weighted by Crippen LogP contribution is -2.29. The highest BCUT2D eigenvalue weighted by Crippen LogP contribution is 2.18. The highest BCUT2D eigenvalue weighted by molar-refractivity contribution is 7.10. The predicted octanol–water partition coefficient (Wildman–Crippen LogP) is 3.11. The monoisotopic (exact) mass is 295 g/mol. The SMILES string of the molecule is O=C(CCCO)N(Cc1cccs1)Cc1cccs1. The van der Waals surface area contributed by atoms with Crippen LogP contribution >= 0.6 is 22.7 Å². The van der Waals surface area contributed by atoms with Crippen molar-refractivity contribution >= 4 is 28.6 Å². The molecule has 1 N–H and O–H groups in total. The lowest BCUT2D eigenvalue weighted by Gasteiger charge is -2.21. The number of carbonyl (C=O) groups is 1. The van der Waals surface area contributed by atoms with Crippen molar-refractivity contribution in [2.45, 2.75) is 25.9 Å². The zero-order chi connectivity index (χ0) is 13.5. The van der Waals surface area contributed by atoms with Crippen molar-refractivity contribution in [3.63, 3.8) is 0 Å². The fourth-order valence-electron chi connectivity index (χ4n) is 1.80. The highest BCUT2D eigenvalue weighted by atomic mass is 32.1. The molecule has 3 nitrogen and oxygen atoms in total. The van der Waals surface area contributed by atoms with E-state index in [-0.39, 0.29) is 12.5 Å². The van der Waals surface area contributed by atoms with Crippen LogP contribution in [0.15, 0.2) is 35.0 Å². The van der Waals surface area contributed by atoms with Crippen LogP contribution in [-0.4, -0.2) is 22.5 Å². The van der Waals surface area contributed by atoms with Gasteiger partial charge in [0.15, 0.2) is 0 Å². The second-order valence-corrected chi connectivity index (χ2v) is 6.30. The molecule has 0 aliphatic rings. The first kappa shape index (κ1) is 14.2. The number of aliphatic hydroxyl groups is 1. The molecule has 0 spiro atoms. The number of hydrogen-bond donors (Lipinski definition) is 1. The van der Waals surface area contributed by atoms with Crippen molar-refractivity contribution in [1.29, 1.82) is 0 Å². The van der Waals surface area contributed by atoms with Crippen molar-refractivity contribution in [1.82, 2.24) is 4.90 Å². The van der Waals surface area contributed by atoms with Crippen LogP contribution in [0.5, 0.6) is 0 Å². The van der Waals surface area contributed by atoms with Gasteiger partial charge >= 0.3 is 0 Å². The molecule has 2 aromatic rings. The minimum Gasteiger partial charge on any atom is -0.396 e. The molecule has 0 radical (unpaired) electrons. The van der Waals surface area contributed by atoms with Crippen molar-refractivity contribution in [2.24, 2.45) is 0 Å². The molecular weight excluding hydrogens is 278 g/mol. The van der Waals surface area contributed by atoms with Gasteiger partial charge in [0.1, 0.15) is 0 Å². The molecule has 2 aromatic heterocycles. The van der Waals surface area contributed by atoms with Crippen LogP contribution in [0.3, 0.4) is 0 Å². The number of carbonyl (C=O) groups excluding carboxylic acids is 1. The van der Waals surface area contributed by atoms with E-state index in [9.17, 15) is 4.79 Å². The lowest BCUT2D eigenvalue weighted by molar-refractivity contribution is -0.132. The first-order valence-electron chi connectivity index (χ1n) is 6.23. The standard InChI is InChI=1S/C14H17NO2S2/c16-7-1-6-14(17)15(10-12-4-2-8-18-12)11-13-5-3-9-19-13/h2-5,8-9,16H,1,6-7,10-11H2. The maximum Gasteiger partial charge on any atom is 0.223 e. The Morgan fingerprint density at radius 2 is 1.68 bits per heavy atom. The van der Waals surface area contributed by atoms with Crippen LogP contribution in [0, 0.1) is 0 Å². The number of rotatable bonds is 7. The Balaban J connectivity index is 2.01. The van der Waals surface area contributed by atoms with Gasteiger partial charge < -0.3 is 10.0 Å². The van der Waals surface area contributed by atoms with E-state index in [0.29, 0.717) is 25.9 Å². The molecule has 5 heteroatoms. The molecule has 19 heavy (non-hydrogen) atoms. The summed E-state index contributed by atoms with van der Waals surface area (Å²) in [4.78, 5) is 16.4. The molecule has 0 aromatic carbocycles. The number of aliphatic hydroxyl groups excluding tert-OH is 1. The molecule has 2 heterocycles. The Hall–Kier alpha value is -1.17. The van der Waals surface area contributed by atoms with E-state index in [1.807, 2.05) is 39.9 Å². The van der Waals surface area contributed by atoms with Crippen LogP contribution in [-0.2, 0) is 17.9 Å². The molecular formula is C14H17NO2S2. The molecule has 0 saturated carbocycles. The molecule has 0 fully saturated rings. The summed E-state index contributed by atoms with van der Waals surface area (Å²) in [6, 6.07) is 8.10. The van der Waals surface area contributed by atoms with E-state index in [0.717, 1.165) is 0 Å². The second kappa shape index (κ2) is 7.43. The largest absolute Gasteiger partial charge is 0.396 e. The van der Waals surface area contributed by atoms with Gasteiger partial charge in [-0.1, -0.05) is 12.1 Å². The number of hydrogen-bond acceptors (Lipinski definition) is 4. The van der Waals surface area contributed by atoms with Crippen LogP contribution in [0.4, 0.5) is 0 Å². The Morgan fingerprint density at radius 3 is 2.11 bits per heavy atom. The Labute approximate surface area is 121 Å². The fraction of sp³-hybridized carbons (Fsp3) is 0.357. The van der Waals surface area contributed by atoms with Crippen molar-refractivity contribution in [3.8, 4) is 0 Å². The average molecular weight is 295 g/mol. The third-order valence-corrected chi connectivity index (χ3v) is 4.48. The molecule has 2 rings (SSSR count). The predicted molar refractivity (Wildman–Crippen MR) is 79.2 cm³/mol. The van der Waals surface area contributed by atoms with Crippen LogP contribution in [0.1, 0.15) is 22.6 Å². The first-order chi connectivity index (χ1) is 9.29. The van der Waals surface area contributed by atoms with E-state index < -0.39 is 0 Å². The van der Waals surface area contributed by atoms with Crippen LogP contribution < -0.4 is 0 Å². The van der Waals surface area contributed by atoms with Crippen LogP contribution in [0.2, 0.25) is 0 Å². The maximum atomic E-state index is 12.2. The fourth-order valence-corrected chi connectivity index (χ4v) is 3.24. The molecule has 0 saturated heterocycles. The average Bonchev–Trinajstić information content (AvgIpc) is 3.08. The van der Waals surface area contributed by atoms with Gasteiger partial charge in [0.25, 0.3) is 0 Å². The van der Waals surface area contributed by atoms with Crippen LogP contribution in [0.25, 0.3) is 0 Å². The van der Waals surface area contributed by atoms with Gasteiger partial charge in [-0.15, -0.1) is 22.7 Å². The maximum absolute atomic E-state index is 12.2. The summed E-state index contributed by atoms with van der Waals surface area (Å²) in [5.74, 6) is 0.107. The second-order valence-electron chi connectivity index (χ2n) is 4.24. The Bertz CT molecular complexity index is 443. The third kappa shape index (κ3) is 4.45. The summed E-state index contributed by atoms with van der Waals surface area (Å²) in [5.41, 5.74) is 0. The minimum absolute atomic E-state index is 0.0670. The van der Waals surface area contributed by atoms with Gasteiger partial charge in [-0.3, -0.25) is 4.79 Å². The molecule has 0 unspecified atom stereocenters. The zero-order valence-electron chi connectivity index (χ0n) is 10.6. The number of nitrogens with zero attached hydrogens (tertiary/aromatic N) is 1. The quantitative estimate of drug-likeness (QED) is 0.852. The summed E-state index contributed by atoms with van der Waals surface area (Å²) in [6.45, 7) is 1.37. The third-order valence-electron chi connectivity index (χ3n) is 2.76. The first-order valence-corrected chi connectivity index (χ1v) is 7.99. The smallest absolute Gasteiger partial charge is 0.223 e. The summed E-state index contributed by atoms with van der Waals surface area (Å²) in [6.07, 6.45) is 0.942. The van der Waals surface area contributed by atoms with E-state index in [1.54, 1.807) is 22.7 Å². The highest BCUT2D eigenvalue weighted by Gasteiger charge is 2.15. The molecule has 0 atom stereocenters. The molecule has 0 aliphatic heterocycles. The van der Waals surface area contributed by atoms with Gasteiger partial charge in [0, 0.05) is 22.8 Å². The Kier molecular flexibility index (Phi) is 5.57. The summed E-state index contributed by atoms with van der Waals surface area (Å²) >= 11 is 3.33. The molecule has 1 amide bonds. The van der Waals surface area contributed by atoms with Crippen molar-refractivity contribution in [3.05, 3.63) is 44.8 Å². The van der Waals surface area contributed by atoms with E-state index in [2.05, 4.69) is 0 Å². The topological polar surface area (TPSA) is 40.5 Å². The van der Waals surface area contributed by atoms with Crippen molar-refractivity contribution in [2.75, 3.05) is 6.61 Å². The van der Waals surface area contributed by atoms with Gasteiger partial charge in [-0.25, -0.2) is 0 Å². The summed E-state index contributed by atoms with van der Waals surface area (Å²) in [5, 5.41) is 12.9. The number of thiophene rings is 2. The van der Waals surface area contributed by atoms with Gasteiger partial charge in [0.2, 0.25) is 5.91 Å². The molecule has 0 bridgehead atoms. The zero-order valence-corrected chi connectivity index (χ0v) is 12.3. The van der Waals surface area contributed by atoms with Gasteiger partial charge in [0.05, 0.1) is 13.1 Å².